The highest BCUT2D eigenvalue weighted by Gasteiger charge is 2.15. The molecule has 0 bridgehead atoms. The van der Waals surface area contributed by atoms with Gasteiger partial charge in [-0.2, -0.15) is 9.83 Å². The predicted octanol–water partition coefficient (Wildman–Crippen LogP) is 2.88. The van der Waals surface area contributed by atoms with Crippen LogP contribution in [0.2, 0.25) is 0 Å². The summed E-state index contributed by atoms with van der Waals surface area (Å²) in [6.45, 7) is 0.260. The Bertz CT molecular complexity index is 848. The predicted molar refractivity (Wildman–Crippen MR) is 79.6 cm³/mol. The average molecular weight is 273 g/mol. The minimum atomic E-state index is 0.0514. The van der Waals surface area contributed by atoms with Gasteiger partial charge in [0.05, 0.1) is 11.6 Å². The summed E-state index contributed by atoms with van der Waals surface area (Å²) in [6.07, 6.45) is 1.87. The fourth-order valence-corrected chi connectivity index (χ4v) is 2.34. The number of nitriles is 1. The lowest BCUT2D eigenvalue weighted by atomic mass is 10.1. The quantitative estimate of drug-likeness (QED) is 0.544. The molecule has 0 atom stereocenters. The zero-order valence-corrected chi connectivity index (χ0v) is 11.4. The topological polar surface area (TPSA) is 44.7 Å². The van der Waals surface area contributed by atoms with E-state index in [0.29, 0.717) is 11.1 Å². The Hall–Kier alpha value is -2.99. The van der Waals surface area contributed by atoms with Crippen molar-refractivity contribution in [2.75, 3.05) is 0 Å². The smallest absolute Gasteiger partial charge is 0.227 e. The molecular formula is C18H13N2O+. The standard InChI is InChI=1S/C18H13N2O/c19-12-14-8-9-15-7-4-10-20(17(15)11-14)13-18(21)16-5-2-1-3-6-16/h1-11H,13H2/q+1. The lowest BCUT2D eigenvalue weighted by molar-refractivity contribution is -0.657. The van der Waals surface area contributed by atoms with E-state index in [0.717, 1.165) is 10.9 Å². The molecule has 0 spiro atoms. The van der Waals surface area contributed by atoms with Gasteiger partial charge in [0, 0.05) is 23.1 Å². The first-order chi connectivity index (χ1) is 10.3. The molecule has 3 aromatic rings. The SMILES string of the molecule is N#Cc1ccc2ccc[n+](CC(=O)c3ccccc3)c2c1. The van der Waals surface area contributed by atoms with E-state index in [4.69, 9.17) is 5.26 Å². The Balaban J connectivity index is 2.01. The molecule has 0 amide bonds. The molecule has 0 aliphatic rings. The summed E-state index contributed by atoms with van der Waals surface area (Å²) in [4.78, 5) is 12.3. The van der Waals surface area contributed by atoms with Gasteiger partial charge < -0.3 is 0 Å². The summed E-state index contributed by atoms with van der Waals surface area (Å²) in [7, 11) is 0. The maximum Gasteiger partial charge on any atom is 0.227 e. The van der Waals surface area contributed by atoms with Crippen LogP contribution in [0.5, 0.6) is 0 Å². The fourth-order valence-electron chi connectivity index (χ4n) is 2.34. The number of nitrogens with zero attached hydrogens (tertiary/aromatic N) is 2. The highest BCUT2D eigenvalue weighted by molar-refractivity contribution is 5.95. The molecule has 2 aromatic carbocycles. The second kappa shape index (κ2) is 5.56. The molecule has 1 aromatic heterocycles. The van der Waals surface area contributed by atoms with Crippen LogP contribution in [0.1, 0.15) is 15.9 Å². The van der Waals surface area contributed by atoms with Crippen LogP contribution in [0.4, 0.5) is 0 Å². The molecule has 0 saturated carbocycles. The van der Waals surface area contributed by atoms with E-state index in [-0.39, 0.29) is 12.3 Å². The third kappa shape index (κ3) is 2.65. The van der Waals surface area contributed by atoms with Crippen LogP contribution >= 0.6 is 0 Å². The van der Waals surface area contributed by atoms with Crippen LogP contribution in [-0.2, 0) is 6.54 Å². The van der Waals surface area contributed by atoms with Gasteiger partial charge in [-0.25, -0.2) is 0 Å². The molecule has 0 unspecified atom stereocenters. The minimum Gasteiger partial charge on any atom is -0.287 e. The number of pyridine rings is 1. The third-order valence-electron chi connectivity index (χ3n) is 3.42. The first-order valence-corrected chi connectivity index (χ1v) is 6.68. The second-order valence-electron chi connectivity index (χ2n) is 4.81. The van der Waals surface area contributed by atoms with Crippen molar-refractivity contribution < 1.29 is 9.36 Å². The molecule has 100 valence electrons. The second-order valence-corrected chi connectivity index (χ2v) is 4.81. The van der Waals surface area contributed by atoms with Gasteiger partial charge in [0.25, 0.3) is 0 Å². The summed E-state index contributed by atoms with van der Waals surface area (Å²) in [6, 6.07) is 20.7. The maximum absolute atomic E-state index is 12.3. The molecular weight excluding hydrogens is 260 g/mol. The van der Waals surface area contributed by atoms with Gasteiger partial charge in [0.15, 0.2) is 6.20 Å². The van der Waals surface area contributed by atoms with Crippen LogP contribution in [-0.4, -0.2) is 5.78 Å². The molecule has 0 radical (unpaired) electrons. The summed E-state index contributed by atoms with van der Waals surface area (Å²) in [5.74, 6) is 0.0514. The van der Waals surface area contributed by atoms with Gasteiger partial charge in [-0.3, -0.25) is 4.79 Å². The van der Waals surface area contributed by atoms with Crippen molar-refractivity contribution in [2.24, 2.45) is 0 Å². The van der Waals surface area contributed by atoms with E-state index in [9.17, 15) is 4.79 Å². The zero-order chi connectivity index (χ0) is 14.7. The number of hydrogen-bond donors (Lipinski definition) is 0. The van der Waals surface area contributed by atoms with Gasteiger partial charge in [-0.15, -0.1) is 0 Å². The van der Waals surface area contributed by atoms with Gasteiger partial charge in [-0.1, -0.05) is 30.3 Å². The number of carbonyl (C=O) groups excluding carboxylic acids is 1. The van der Waals surface area contributed by atoms with Crippen LogP contribution in [0, 0.1) is 11.3 Å². The van der Waals surface area contributed by atoms with E-state index in [1.54, 1.807) is 6.07 Å². The molecule has 0 fully saturated rings. The van der Waals surface area contributed by atoms with Crippen molar-refractivity contribution in [1.82, 2.24) is 0 Å². The number of aromatic nitrogens is 1. The number of ketones is 1. The summed E-state index contributed by atoms with van der Waals surface area (Å²) in [5.41, 5.74) is 2.17. The Kier molecular flexibility index (Phi) is 3.44. The molecule has 3 nitrogen and oxygen atoms in total. The number of fused-ring (bicyclic) bond motifs is 1. The third-order valence-corrected chi connectivity index (χ3v) is 3.42. The monoisotopic (exact) mass is 273 g/mol. The minimum absolute atomic E-state index is 0.0514. The van der Waals surface area contributed by atoms with Gasteiger partial charge in [0.1, 0.15) is 0 Å². The summed E-state index contributed by atoms with van der Waals surface area (Å²) >= 11 is 0. The molecule has 21 heavy (non-hydrogen) atoms. The lowest BCUT2D eigenvalue weighted by Crippen LogP contribution is -2.38. The Morgan fingerprint density at radius 3 is 2.62 bits per heavy atom. The number of hydrogen-bond acceptors (Lipinski definition) is 2. The van der Waals surface area contributed by atoms with E-state index in [1.807, 2.05) is 65.4 Å². The first kappa shape index (κ1) is 13.0. The van der Waals surface area contributed by atoms with Crippen molar-refractivity contribution in [3.05, 3.63) is 78.0 Å². The Labute approximate surface area is 122 Å². The fraction of sp³-hybridized carbons (Fsp3) is 0.0556. The van der Waals surface area contributed by atoms with E-state index in [2.05, 4.69) is 6.07 Å². The van der Waals surface area contributed by atoms with Crippen molar-refractivity contribution in [3.63, 3.8) is 0 Å². The highest BCUT2D eigenvalue weighted by Crippen LogP contribution is 2.12. The molecule has 3 heteroatoms. The van der Waals surface area contributed by atoms with Crippen LogP contribution in [0.15, 0.2) is 66.9 Å². The number of carbonyl (C=O) groups is 1. The molecule has 1 heterocycles. The molecule has 0 saturated heterocycles. The van der Waals surface area contributed by atoms with E-state index < -0.39 is 0 Å². The number of Topliss-reactive ketones (excluding diaryl/α,β-unsaturated/α-hetero) is 1. The van der Waals surface area contributed by atoms with Gasteiger partial charge in [-0.05, 0) is 18.2 Å². The van der Waals surface area contributed by atoms with Crippen molar-refractivity contribution in [1.29, 1.82) is 5.26 Å². The van der Waals surface area contributed by atoms with Crippen molar-refractivity contribution >= 4 is 16.7 Å². The van der Waals surface area contributed by atoms with E-state index >= 15 is 0 Å². The Morgan fingerprint density at radius 1 is 1.05 bits per heavy atom. The van der Waals surface area contributed by atoms with E-state index in [1.165, 1.54) is 0 Å². The highest BCUT2D eigenvalue weighted by atomic mass is 16.1. The zero-order valence-electron chi connectivity index (χ0n) is 11.4. The van der Waals surface area contributed by atoms with Crippen LogP contribution in [0.3, 0.4) is 0 Å². The van der Waals surface area contributed by atoms with Crippen LogP contribution in [0.25, 0.3) is 10.9 Å². The number of benzene rings is 2. The Morgan fingerprint density at radius 2 is 1.86 bits per heavy atom. The number of rotatable bonds is 3. The van der Waals surface area contributed by atoms with Gasteiger partial charge >= 0.3 is 0 Å². The summed E-state index contributed by atoms with van der Waals surface area (Å²) in [5, 5.41) is 10.0. The lowest BCUT2D eigenvalue weighted by Gasteiger charge is -2.02. The first-order valence-electron chi connectivity index (χ1n) is 6.68. The normalized spacial score (nSPS) is 10.2. The molecule has 0 aliphatic heterocycles. The largest absolute Gasteiger partial charge is 0.287 e. The maximum atomic E-state index is 12.3. The molecule has 0 aliphatic carbocycles. The average Bonchev–Trinajstić information content (AvgIpc) is 2.55. The van der Waals surface area contributed by atoms with Gasteiger partial charge in [0.2, 0.25) is 17.8 Å². The summed E-state index contributed by atoms with van der Waals surface area (Å²) < 4.78 is 1.88. The molecule has 0 N–H and O–H groups in total. The van der Waals surface area contributed by atoms with Crippen molar-refractivity contribution in [3.8, 4) is 6.07 Å². The van der Waals surface area contributed by atoms with Crippen LogP contribution < -0.4 is 4.57 Å². The molecule has 3 rings (SSSR count). The van der Waals surface area contributed by atoms with Crippen molar-refractivity contribution in [2.45, 2.75) is 6.54 Å².